The van der Waals surface area contributed by atoms with Gasteiger partial charge in [0, 0.05) is 22.3 Å². The second kappa shape index (κ2) is 5.83. The maximum atomic E-state index is 3.98. The quantitative estimate of drug-likeness (QED) is 0.771. The van der Waals surface area contributed by atoms with Gasteiger partial charge >= 0.3 is 0 Å². The van der Waals surface area contributed by atoms with E-state index in [9.17, 15) is 0 Å². The molecule has 0 saturated carbocycles. The fourth-order valence-electron chi connectivity index (χ4n) is 1.89. The molecule has 100 valence electrons. The number of tetrazole rings is 1. The van der Waals surface area contributed by atoms with Gasteiger partial charge in [-0.2, -0.15) is 5.21 Å². The third-order valence-electron chi connectivity index (χ3n) is 2.91. The maximum Gasteiger partial charge on any atom is 0.204 e. The Bertz CT molecular complexity index is 696. The van der Waals surface area contributed by atoms with Gasteiger partial charge in [0.25, 0.3) is 0 Å². The van der Waals surface area contributed by atoms with E-state index in [4.69, 9.17) is 0 Å². The summed E-state index contributed by atoms with van der Waals surface area (Å²) in [5, 5.41) is 17.4. The van der Waals surface area contributed by atoms with E-state index in [1.807, 2.05) is 42.5 Å². The number of rotatable bonds is 4. The van der Waals surface area contributed by atoms with Crippen molar-refractivity contribution in [1.82, 2.24) is 20.6 Å². The number of hydrogen-bond acceptors (Lipinski definition) is 4. The van der Waals surface area contributed by atoms with Crippen LogP contribution in [0.15, 0.2) is 53.0 Å². The van der Waals surface area contributed by atoms with Gasteiger partial charge in [-0.1, -0.05) is 46.3 Å². The molecule has 0 aliphatic carbocycles. The minimum atomic E-state index is 0.592. The van der Waals surface area contributed by atoms with Gasteiger partial charge in [-0.3, -0.25) is 0 Å². The van der Waals surface area contributed by atoms with Crippen molar-refractivity contribution in [2.45, 2.75) is 6.54 Å². The number of nitrogens with one attached hydrogen (secondary N) is 2. The Morgan fingerprint density at radius 3 is 2.80 bits per heavy atom. The fraction of sp³-hybridized carbons (Fsp3) is 0.0714. The van der Waals surface area contributed by atoms with Crippen molar-refractivity contribution in [3.05, 3.63) is 58.6 Å². The maximum absolute atomic E-state index is 3.98. The van der Waals surface area contributed by atoms with Crippen molar-refractivity contribution in [2.75, 3.05) is 5.32 Å². The van der Waals surface area contributed by atoms with E-state index < -0.39 is 0 Å². The highest BCUT2D eigenvalue weighted by Crippen LogP contribution is 2.21. The van der Waals surface area contributed by atoms with E-state index >= 15 is 0 Å². The van der Waals surface area contributed by atoms with Gasteiger partial charge in [-0.25, -0.2) is 0 Å². The predicted octanol–water partition coefficient (Wildman–Crippen LogP) is 3.24. The Balaban J connectivity index is 1.75. The number of aromatic nitrogens is 4. The molecule has 0 fully saturated rings. The van der Waals surface area contributed by atoms with Gasteiger partial charge in [-0.05, 0) is 29.0 Å². The molecule has 0 aliphatic rings. The predicted molar refractivity (Wildman–Crippen MR) is 81.1 cm³/mol. The van der Waals surface area contributed by atoms with Crippen LogP contribution in [0, 0.1) is 0 Å². The van der Waals surface area contributed by atoms with Crippen LogP contribution in [0.3, 0.4) is 0 Å². The van der Waals surface area contributed by atoms with Gasteiger partial charge < -0.3 is 5.32 Å². The second-order valence-corrected chi connectivity index (χ2v) is 5.12. The Labute approximate surface area is 124 Å². The summed E-state index contributed by atoms with van der Waals surface area (Å²) in [7, 11) is 0. The Morgan fingerprint density at radius 1 is 1.10 bits per heavy atom. The average molecular weight is 330 g/mol. The molecule has 2 N–H and O–H groups in total. The lowest BCUT2D eigenvalue weighted by Gasteiger charge is -2.08. The van der Waals surface area contributed by atoms with E-state index in [0.717, 1.165) is 22.3 Å². The van der Waals surface area contributed by atoms with Crippen molar-refractivity contribution in [3.63, 3.8) is 0 Å². The molecule has 1 aromatic heterocycles. The number of hydrogen-bond donors (Lipinski definition) is 2. The van der Waals surface area contributed by atoms with E-state index in [1.54, 1.807) is 0 Å². The summed E-state index contributed by atoms with van der Waals surface area (Å²) in [6, 6.07) is 16.1. The van der Waals surface area contributed by atoms with Crippen LogP contribution < -0.4 is 5.32 Å². The van der Waals surface area contributed by atoms with E-state index in [1.165, 1.54) is 5.56 Å². The molecule has 0 bridgehead atoms. The smallest absolute Gasteiger partial charge is 0.204 e. The summed E-state index contributed by atoms with van der Waals surface area (Å²) in [5.74, 6) is 0.592. The van der Waals surface area contributed by atoms with Crippen LogP contribution in [-0.2, 0) is 6.54 Å². The van der Waals surface area contributed by atoms with Crippen LogP contribution in [0.4, 0.5) is 5.69 Å². The van der Waals surface area contributed by atoms with Crippen LogP contribution in [-0.4, -0.2) is 20.6 Å². The lowest BCUT2D eigenvalue weighted by atomic mass is 10.1. The zero-order valence-electron chi connectivity index (χ0n) is 10.5. The van der Waals surface area contributed by atoms with Crippen LogP contribution >= 0.6 is 15.9 Å². The third kappa shape index (κ3) is 2.85. The first-order valence-electron chi connectivity index (χ1n) is 6.14. The molecule has 0 radical (unpaired) electrons. The molecule has 1 heterocycles. The molecule has 6 heteroatoms. The molecular weight excluding hydrogens is 318 g/mol. The van der Waals surface area contributed by atoms with Gasteiger partial charge in [-0.15, -0.1) is 10.2 Å². The van der Waals surface area contributed by atoms with Gasteiger partial charge in [0.15, 0.2) is 0 Å². The number of anilines is 1. The van der Waals surface area contributed by atoms with Gasteiger partial charge in [0.1, 0.15) is 0 Å². The third-order valence-corrected chi connectivity index (χ3v) is 3.68. The van der Waals surface area contributed by atoms with Crippen molar-refractivity contribution in [2.24, 2.45) is 0 Å². The van der Waals surface area contributed by atoms with Crippen molar-refractivity contribution >= 4 is 21.6 Å². The lowest BCUT2D eigenvalue weighted by Crippen LogP contribution is -2.00. The Hall–Kier alpha value is -2.21. The molecule has 0 aliphatic heterocycles. The second-order valence-electron chi connectivity index (χ2n) is 4.26. The highest BCUT2D eigenvalue weighted by Gasteiger charge is 2.04. The highest BCUT2D eigenvalue weighted by molar-refractivity contribution is 9.10. The molecule has 3 rings (SSSR count). The van der Waals surface area contributed by atoms with Gasteiger partial charge in [0.2, 0.25) is 5.82 Å². The number of halogens is 1. The SMILES string of the molecule is Brc1ccccc1CNc1cccc(-c2nn[nH]n2)c1. The van der Waals surface area contributed by atoms with Crippen molar-refractivity contribution in [1.29, 1.82) is 0 Å². The van der Waals surface area contributed by atoms with Crippen LogP contribution in [0.2, 0.25) is 0 Å². The van der Waals surface area contributed by atoms with Crippen LogP contribution in [0.5, 0.6) is 0 Å². The first kappa shape index (κ1) is 12.8. The minimum absolute atomic E-state index is 0.592. The first-order chi connectivity index (χ1) is 9.83. The fourth-order valence-corrected chi connectivity index (χ4v) is 2.32. The first-order valence-corrected chi connectivity index (χ1v) is 6.93. The topological polar surface area (TPSA) is 66.5 Å². The monoisotopic (exact) mass is 329 g/mol. The summed E-state index contributed by atoms with van der Waals surface area (Å²) in [4.78, 5) is 0. The van der Waals surface area contributed by atoms with Crippen LogP contribution in [0.1, 0.15) is 5.56 Å². The Kier molecular flexibility index (Phi) is 3.73. The Morgan fingerprint density at radius 2 is 2.00 bits per heavy atom. The van der Waals surface area contributed by atoms with Gasteiger partial charge in [0.05, 0.1) is 0 Å². The largest absolute Gasteiger partial charge is 0.381 e. The average Bonchev–Trinajstić information content (AvgIpc) is 3.01. The standard InChI is InChI=1S/C14H12BrN5/c15-13-7-2-1-4-11(13)9-16-12-6-3-5-10(8-12)14-17-19-20-18-14/h1-8,16H,9H2,(H,17,18,19,20). The zero-order chi connectivity index (χ0) is 13.8. The highest BCUT2D eigenvalue weighted by atomic mass is 79.9. The molecule has 5 nitrogen and oxygen atoms in total. The number of aromatic amines is 1. The molecule has 2 aromatic carbocycles. The van der Waals surface area contributed by atoms with Crippen molar-refractivity contribution in [3.8, 4) is 11.4 Å². The molecule has 0 atom stereocenters. The molecule has 20 heavy (non-hydrogen) atoms. The number of H-pyrrole nitrogens is 1. The van der Waals surface area contributed by atoms with E-state index in [-0.39, 0.29) is 0 Å². The van der Waals surface area contributed by atoms with E-state index in [2.05, 4.69) is 47.9 Å². The number of nitrogens with zero attached hydrogens (tertiary/aromatic N) is 3. The van der Waals surface area contributed by atoms with E-state index in [0.29, 0.717) is 5.82 Å². The molecule has 0 unspecified atom stereocenters. The molecule has 0 amide bonds. The zero-order valence-corrected chi connectivity index (χ0v) is 12.1. The summed E-state index contributed by atoms with van der Waals surface area (Å²) in [6.45, 7) is 0.747. The summed E-state index contributed by atoms with van der Waals surface area (Å²) >= 11 is 3.54. The summed E-state index contributed by atoms with van der Waals surface area (Å²) < 4.78 is 1.10. The number of benzene rings is 2. The van der Waals surface area contributed by atoms with Crippen molar-refractivity contribution < 1.29 is 0 Å². The lowest BCUT2D eigenvalue weighted by molar-refractivity contribution is 0.881. The molecule has 3 aromatic rings. The minimum Gasteiger partial charge on any atom is -0.381 e. The molecule has 0 spiro atoms. The molecular formula is C14H12BrN5. The summed E-state index contributed by atoms with van der Waals surface area (Å²) in [5.41, 5.74) is 3.15. The normalized spacial score (nSPS) is 10.4. The molecule has 0 saturated heterocycles. The summed E-state index contributed by atoms with van der Waals surface area (Å²) in [6.07, 6.45) is 0. The van der Waals surface area contributed by atoms with Crippen LogP contribution in [0.25, 0.3) is 11.4 Å².